The number of methoxy groups -OCH3 is 1. The van der Waals surface area contributed by atoms with Crippen LogP contribution in [0.5, 0.6) is 0 Å². The quantitative estimate of drug-likeness (QED) is 0.788. The molecule has 1 aromatic heterocycles. The zero-order chi connectivity index (χ0) is 12.3. The first-order valence-corrected chi connectivity index (χ1v) is 5.46. The maximum atomic E-state index is 11.0. The highest BCUT2D eigenvalue weighted by atomic mass is 16.5. The molecule has 2 aromatic rings. The van der Waals surface area contributed by atoms with E-state index in [0.717, 1.165) is 23.9 Å². The van der Waals surface area contributed by atoms with Gasteiger partial charge in [0.05, 0.1) is 11.7 Å². The highest BCUT2D eigenvalue weighted by molar-refractivity contribution is 5.96. The first kappa shape index (κ1) is 11.6. The average Bonchev–Trinajstić information content (AvgIpc) is 2.72. The van der Waals surface area contributed by atoms with Crippen molar-refractivity contribution < 1.29 is 9.53 Å². The molecular weight excluding hydrogens is 218 g/mol. The van der Waals surface area contributed by atoms with Crippen LogP contribution in [-0.2, 0) is 11.3 Å². The third kappa shape index (κ3) is 2.45. The summed E-state index contributed by atoms with van der Waals surface area (Å²) >= 11 is 0. The van der Waals surface area contributed by atoms with Crippen molar-refractivity contribution in [1.29, 1.82) is 0 Å². The van der Waals surface area contributed by atoms with Crippen LogP contribution < -0.4 is 5.73 Å². The maximum absolute atomic E-state index is 11.0. The Labute approximate surface area is 99.2 Å². The Balaban J connectivity index is 2.25. The maximum Gasteiger partial charge on any atom is 0.248 e. The molecule has 0 saturated heterocycles. The number of fused-ring (bicyclic) bond motifs is 1. The minimum absolute atomic E-state index is 0.418. The van der Waals surface area contributed by atoms with Crippen LogP contribution in [0.25, 0.3) is 10.9 Å². The number of nitrogens with zero attached hydrogens (tertiary/aromatic N) is 2. The van der Waals surface area contributed by atoms with Gasteiger partial charge in [0.15, 0.2) is 0 Å². The van der Waals surface area contributed by atoms with Gasteiger partial charge < -0.3 is 10.5 Å². The molecule has 0 atom stereocenters. The molecule has 2 rings (SSSR count). The van der Waals surface area contributed by atoms with Crippen LogP contribution in [0.1, 0.15) is 16.8 Å². The molecule has 1 heterocycles. The number of nitrogens with two attached hydrogens (primary N) is 1. The minimum atomic E-state index is -0.418. The summed E-state index contributed by atoms with van der Waals surface area (Å²) < 4.78 is 6.90. The van der Waals surface area contributed by atoms with Gasteiger partial charge in [-0.1, -0.05) is 0 Å². The van der Waals surface area contributed by atoms with Crippen molar-refractivity contribution in [2.75, 3.05) is 13.7 Å². The van der Waals surface area contributed by atoms with Crippen LogP contribution in [0.3, 0.4) is 0 Å². The van der Waals surface area contributed by atoms with Gasteiger partial charge >= 0.3 is 0 Å². The number of rotatable bonds is 5. The van der Waals surface area contributed by atoms with E-state index in [-0.39, 0.29) is 0 Å². The number of amides is 1. The lowest BCUT2D eigenvalue weighted by atomic mass is 10.1. The summed E-state index contributed by atoms with van der Waals surface area (Å²) in [5.41, 5.74) is 6.74. The van der Waals surface area contributed by atoms with Crippen molar-refractivity contribution in [2.45, 2.75) is 13.0 Å². The molecule has 0 unspecified atom stereocenters. The van der Waals surface area contributed by atoms with Gasteiger partial charge in [-0.25, -0.2) is 0 Å². The van der Waals surface area contributed by atoms with E-state index in [9.17, 15) is 4.79 Å². The van der Waals surface area contributed by atoms with Crippen molar-refractivity contribution in [3.05, 3.63) is 30.0 Å². The fraction of sp³-hybridized carbons (Fsp3) is 0.333. The van der Waals surface area contributed by atoms with Gasteiger partial charge in [0.25, 0.3) is 0 Å². The molecule has 0 aliphatic heterocycles. The third-order valence-corrected chi connectivity index (χ3v) is 2.64. The summed E-state index contributed by atoms with van der Waals surface area (Å²) in [6.45, 7) is 1.51. The van der Waals surface area contributed by atoms with E-state index in [2.05, 4.69) is 5.10 Å². The number of carbonyl (C=O) groups is 1. The van der Waals surface area contributed by atoms with E-state index in [4.69, 9.17) is 10.5 Å². The SMILES string of the molecule is COCCCn1ncc2cc(C(N)=O)ccc21. The van der Waals surface area contributed by atoms with Gasteiger partial charge in [-0.2, -0.15) is 5.10 Å². The second-order valence-corrected chi connectivity index (χ2v) is 3.85. The summed E-state index contributed by atoms with van der Waals surface area (Å²) in [6.07, 6.45) is 2.65. The second kappa shape index (κ2) is 4.97. The fourth-order valence-electron chi connectivity index (χ4n) is 1.78. The molecule has 5 nitrogen and oxygen atoms in total. The number of aryl methyl sites for hydroxylation is 1. The van der Waals surface area contributed by atoms with Gasteiger partial charge in [-0.3, -0.25) is 9.48 Å². The van der Waals surface area contributed by atoms with Gasteiger partial charge in [-0.05, 0) is 24.6 Å². The van der Waals surface area contributed by atoms with E-state index in [1.165, 1.54) is 0 Å². The van der Waals surface area contributed by atoms with Crippen LogP contribution in [0.4, 0.5) is 0 Å². The molecule has 90 valence electrons. The van der Waals surface area contributed by atoms with Crippen LogP contribution in [0, 0.1) is 0 Å². The van der Waals surface area contributed by atoms with Gasteiger partial charge in [0, 0.05) is 31.2 Å². The van der Waals surface area contributed by atoms with Crippen molar-refractivity contribution in [1.82, 2.24) is 9.78 Å². The van der Waals surface area contributed by atoms with Crippen LogP contribution >= 0.6 is 0 Å². The summed E-state index contributed by atoms with van der Waals surface area (Å²) in [7, 11) is 1.68. The molecule has 0 bridgehead atoms. The van der Waals surface area contributed by atoms with Crippen molar-refractivity contribution in [2.24, 2.45) is 5.73 Å². The topological polar surface area (TPSA) is 70.1 Å². The van der Waals surface area contributed by atoms with E-state index >= 15 is 0 Å². The number of ether oxygens (including phenoxy) is 1. The molecule has 2 N–H and O–H groups in total. The average molecular weight is 233 g/mol. The van der Waals surface area contributed by atoms with Crippen LogP contribution in [0.2, 0.25) is 0 Å². The Morgan fingerprint density at radius 3 is 3.06 bits per heavy atom. The zero-order valence-corrected chi connectivity index (χ0v) is 9.72. The normalized spacial score (nSPS) is 10.9. The number of hydrogen-bond acceptors (Lipinski definition) is 3. The fourth-order valence-corrected chi connectivity index (χ4v) is 1.78. The summed E-state index contributed by atoms with van der Waals surface area (Å²) in [6, 6.07) is 5.35. The lowest BCUT2D eigenvalue weighted by Crippen LogP contribution is -2.10. The predicted molar refractivity (Wildman–Crippen MR) is 64.7 cm³/mol. The van der Waals surface area contributed by atoms with Gasteiger partial charge in [0.1, 0.15) is 0 Å². The number of hydrogen-bond donors (Lipinski definition) is 1. The Morgan fingerprint density at radius 1 is 1.53 bits per heavy atom. The van der Waals surface area contributed by atoms with E-state index in [1.807, 2.05) is 10.7 Å². The summed E-state index contributed by atoms with van der Waals surface area (Å²) in [4.78, 5) is 11.0. The molecule has 5 heteroatoms. The Bertz CT molecular complexity index is 534. The highest BCUT2D eigenvalue weighted by Crippen LogP contribution is 2.15. The van der Waals surface area contributed by atoms with E-state index in [1.54, 1.807) is 25.4 Å². The zero-order valence-electron chi connectivity index (χ0n) is 9.72. The Hall–Kier alpha value is -1.88. The predicted octanol–water partition coefficient (Wildman–Crippen LogP) is 1.17. The first-order chi connectivity index (χ1) is 8.22. The van der Waals surface area contributed by atoms with Crippen molar-refractivity contribution >= 4 is 16.8 Å². The Kier molecular flexibility index (Phi) is 3.39. The molecule has 17 heavy (non-hydrogen) atoms. The standard InChI is InChI=1S/C12H15N3O2/c1-17-6-2-5-15-11-4-3-9(12(13)16)7-10(11)8-14-15/h3-4,7-8H,2,5-6H2,1H3,(H2,13,16). The Morgan fingerprint density at radius 2 is 2.35 bits per heavy atom. The smallest absolute Gasteiger partial charge is 0.248 e. The van der Waals surface area contributed by atoms with Gasteiger partial charge in [0.2, 0.25) is 5.91 Å². The van der Waals surface area contributed by atoms with Gasteiger partial charge in [-0.15, -0.1) is 0 Å². The molecule has 0 aliphatic rings. The number of primary amides is 1. The number of benzene rings is 1. The number of aromatic nitrogens is 2. The van der Waals surface area contributed by atoms with E-state index < -0.39 is 5.91 Å². The van der Waals surface area contributed by atoms with Crippen LogP contribution in [0.15, 0.2) is 24.4 Å². The summed E-state index contributed by atoms with van der Waals surface area (Å²) in [5.74, 6) is -0.418. The lowest BCUT2D eigenvalue weighted by Gasteiger charge is -2.03. The largest absolute Gasteiger partial charge is 0.385 e. The van der Waals surface area contributed by atoms with Crippen LogP contribution in [-0.4, -0.2) is 29.4 Å². The third-order valence-electron chi connectivity index (χ3n) is 2.64. The monoisotopic (exact) mass is 233 g/mol. The highest BCUT2D eigenvalue weighted by Gasteiger charge is 2.06. The van der Waals surface area contributed by atoms with E-state index in [0.29, 0.717) is 12.2 Å². The number of carbonyl (C=O) groups excluding carboxylic acids is 1. The van der Waals surface area contributed by atoms with Crippen molar-refractivity contribution in [3.63, 3.8) is 0 Å². The first-order valence-electron chi connectivity index (χ1n) is 5.46. The minimum Gasteiger partial charge on any atom is -0.385 e. The molecule has 0 spiro atoms. The molecule has 1 amide bonds. The summed E-state index contributed by atoms with van der Waals surface area (Å²) in [5, 5.41) is 5.21. The second-order valence-electron chi connectivity index (χ2n) is 3.85. The molecule has 0 radical (unpaired) electrons. The molecule has 0 aliphatic carbocycles. The van der Waals surface area contributed by atoms with Crippen molar-refractivity contribution in [3.8, 4) is 0 Å². The molecular formula is C12H15N3O2. The molecule has 0 saturated carbocycles. The lowest BCUT2D eigenvalue weighted by molar-refractivity contribution is 0.100. The molecule has 1 aromatic carbocycles. The molecule has 0 fully saturated rings.